The summed E-state index contributed by atoms with van der Waals surface area (Å²) in [5, 5.41) is 10.9. The van der Waals surface area contributed by atoms with Crippen LogP contribution >= 0.6 is 0 Å². The Labute approximate surface area is 152 Å². The molecule has 0 spiro atoms. The number of piperidine rings is 1. The van der Waals surface area contributed by atoms with Crippen molar-refractivity contribution in [2.24, 2.45) is 10.9 Å². The predicted octanol–water partition coefficient (Wildman–Crippen LogP) is 2.98. The number of rotatable bonds is 8. The van der Waals surface area contributed by atoms with E-state index in [1.807, 2.05) is 0 Å². The molecule has 0 aliphatic carbocycles. The molecule has 0 bridgehead atoms. The lowest BCUT2D eigenvalue weighted by Gasteiger charge is -2.30. The second kappa shape index (κ2) is 10.4. The lowest BCUT2D eigenvalue weighted by atomic mass is 9.99. The van der Waals surface area contributed by atoms with E-state index in [4.69, 9.17) is 4.52 Å². The average molecular weight is 350 g/mol. The van der Waals surface area contributed by atoms with Crippen molar-refractivity contribution in [3.05, 3.63) is 17.5 Å². The Morgan fingerprint density at radius 3 is 2.88 bits per heavy atom. The Kier molecular flexibility index (Phi) is 8.25. The van der Waals surface area contributed by atoms with Gasteiger partial charge in [-0.1, -0.05) is 25.9 Å². The second-order valence-electron chi connectivity index (χ2n) is 7.13. The topological polar surface area (TPSA) is 65.7 Å². The van der Waals surface area contributed by atoms with Gasteiger partial charge in [0.05, 0.1) is 12.2 Å². The minimum absolute atomic E-state index is 0.488. The zero-order chi connectivity index (χ0) is 18.1. The smallest absolute Gasteiger partial charge is 0.191 e. The number of nitrogens with zero attached hydrogens (tertiary/aromatic N) is 3. The molecule has 0 radical (unpaired) electrons. The summed E-state index contributed by atoms with van der Waals surface area (Å²) < 4.78 is 5.45. The van der Waals surface area contributed by atoms with Gasteiger partial charge in [0.1, 0.15) is 0 Å². The molecule has 1 aliphatic heterocycles. The van der Waals surface area contributed by atoms with Crippen LogP contribution in [0.1, 0.15) is 63.8 Å². The fourth-order valence-corrected chi connectivity index (χ4v) is 3.53. The van der Waals surface area contributed by atoms with E-state index in [2.05, 4.69) is 52.5 Å². The van der Waals surface area contributed by atoms with Gasteiger partial charge >= 0.3 is 0 Å². The first-order valence-corrected chi connectivity index (χ1v) is 9.78. The van der Waals surface area contributed by atoms with Crippen molar-refractivity contribution in [2.45, 2.75) is 58.9 Å². The summed E-state index contributed by atoms with van der Waals surface area (Å²) in [4.78, 5) is 6.82. The number of hydrogen-bond donors (Lipinski definition) is 2. The van der Waals surface area contributed by atoms with Gasteiger partial charge in [-0.3, -0.25) is 4.99 Å². The molecule has 142 valence electrons. The Bertz CT molecular complexity index is 524. The monoisotopic (exact) mass is 349 g/mol. The molecule has 6 nitrogen and oxygen atoms in total. The summed E-state index contributed by atoms with van der Waals surface area (Å²) in [5.41, 5.74) is 1.06. The van der Waals surface area contributed by atoms with Crippen molar-refractivity contribution in [2.75, 3.05) is 33.2 Å². The summed E-state index contributed by atoms with van der Waals surface area (Å²) >= 11 is 0. The Morgan fingerprint density at radius 1 is 1.40 bits per heavy atom. The highest BCUT2D eigenvalue weighted by Gasteiger charge is 2.16. The predicted molar refractivity (Wildman–Crippen MR) is 103 cm³/mol. The Balaban J connectivity index is 1.71. The summed E-state index contributed by atoms with van der Waals surface area (Å²) in [6, 6.07) is 2.06. The lowest BCUT2D eigenvalue weighted by molar-refractivity contribution is 0.187. The fourth-order valence-electron chi connectivity index (χ4n) is 3.53. The fraction of sp³-hybridized carbons (Fsp3) is 0.789. The molecule has 1 aliphatic rings. The largest absolute Gasteiger partial charge is 0.359 e. The molecule has 0 amide bonds. The van der Waals surface area contributed by atoms with E-state index in [0.717, 1.165) is 49.3 Å². The van der Waals surface area contributed by atoms with Crippen LogP contribution in [-0.2, 0) is 6.54 Å². The van der Waals surface area contributed by atoms with Crippen LogP contribution in [0.25, 0.3) is 0 Å². The highest BCUT2D eigenvalue weighted by molar-refractivity contribution is 5.79. The average Bonchev–Trinajstić information content (AvgIpc) is 3.08. The standard InChI is InChI=1S/C19H35N5O/c1-5-16(6-2)18-12-17(25-23-18)13-22-19(20-4)21-9-11-24-10-7-8-15(3)14-24/h12,15-16H,5-11,13-14H2,1-4H3,(H2,20,21,22). The molecular formula is C19H35N5O. The summed E-state index contributed by atoms with van der Waals surface area (Å²) in [6.45, 7) is 11.7. The van der Waals surface area contributed by atoms with Crippen LogP contribution in [-0.4, -0.2) is 49.2 Å². The number of aromatic nitrogens is 1. The van der Waals surface area contributed by atoms with Crippen molar-refractivity contribution < 1.29 is 4.52 Å². The van der Waals surface area contributed by atoms with Crippen LogP contribution in [0.2, 0.25) is 0 Å². The maximum atomic E-state index is 5.45. The van der Waals surface area contributed by atoms with E-state index in [1.54, 1.807) is 7.05 Å². The van der Waals surface area contributed by atoms with Crippen molar-refractivity contribution in [3.8, 4) is 0 Å². The van der Waals surface area contributed by atoms with Crippen LogP contribution in [0.15, 0.2) is 15.6 Å². The molecule has 25 heavy (non-hydrogen) atoms. The third-order valence-corrected chi connectivity index (χ3v) is 5.10. The molecule has 1 unspecified atom stereocenters. The second-order valence-corrected chi connectivity index (χ2v) is 7.13. The van der Waals surface area contributed by atoms with Gasteiger partial charge in [0, 0.05) is 38.7 Å². The highest BCUT2D eigenvalue weighted by Crippen LogP contribution is 2.22. The molecule has 2 N–H and O–H groups in total. The summed E-state index contributed by atoms with van der Waals surface area (Å²) in [6.07, 6.45) is 4.87. The minimum atomic E-state index is 0.488. The van der Waals surface area contributed by atoms with Crippen LogP contribution in [0.3, 0.4) is 0 Å². The van der Waals surface area contributed by atoms with E-state index in [0.29, 0.717) is 12.5 Å². The molecule has 1 fully saturated rings. The van der Waals surface area contributed by atoms with E-state index < -0.39 is 0 Å². The number of guanidine groups is 1. The molecular weight excluding hydrogens is 314 g/mol. The Hall–Kier alpha value is -1.56. The van der Waals surface area contributed by atoms with Crippen molar-refractivity contribution in [1.29, 1.82) is 0 Å². The first-order chi connectivity index (χ1) is 12.2. The van der Waals surface area contributed by atoms with Gasteiger partial charge in [-0.2, -0.15) is 0 Å². The van der Waals surface area contributed by atoms with Gasteiger partial charge in [0.15, 0.2) is 11.7 Å². The lowest BCUT2D eigenvalue weighted by Crippen LogP contribution is -2.43. The van der Waals surface area contributed by atoms with Crippen molar-refractivity contribution in [3.63, 3.8) is 0 Å². The van der Waals surface area contributed by atoms with Gasteiger partial charge in [0.2, 0.25) is 0 Å². The molecule has 6 heteroatoms. The van der Waals surface area contributed by atoms with Gasteiger partial charge in [-0.05, 0) is 38.1 Å². The molecule has 1 atom stereocenters. The molecule has 1 aromatic rings. The normalized spacial score (nSPS) is 19.4. The summed E-state index contributed by atoms with van der Waals surface area (Å²) in [5.74, 6) is 2.98. The first-order valence-electron chi connectivity index (χ1n) is 9.78. The zero-order valence-corrected chi connectivity index (χ0v) is 16.3. The van der Waals surface area contributed by atoms with E-state index >= 15 is 0 Å². The van der Waals surface area contributed by atoms with Crippen molar-refractivity contribution in [1.82, 2.24) is 20.7 Å². The first kappa shape index (κ1) is 19.8. The van der Waals surface area contributed by atoms with E-state index in [-0.39, 0.29) is 0 Å². The maximum absolute atomic E-state index is 5.45. The molecule has 0 aromatic carbocycles. The van der Waals surface area contributed by atoms with Crippen LogP contribution in [0, 0.1) is 5.92 Å². The van der Waals surface area contributed by atoms with Crippen LogP contribution in [0.5, 0.6) is 0 Å². The molecule has 2 heterocycles. The molecule has 1 saturated heterocycles. The van der Waals surface area contributed by atoms with Gasteiger partial charge in [0.25, 0.3) is 0 Å². The number of nitrogens with one attached hydrogen (secondary N) is 2. The van der Waals surface area contributed by atoms with Gasteiger partial charge < -0.3 is 20.1 Å². The molecule has 0 saturated carbocycles. The van der Waals surface area contributed by atoms with Crippen LogP contribution in [0.4, 0.5) is 0 Å². The van der Waals surface area contributed by atoms with E-state index in [1.165, 1.54) is 25.9 Å². The summed E-state index contributed by atoms with van der Waals surface area (Å²) in [7, 11) is 1.80. The SMILES string of the molecule is CCC(CC)c1cc(CNC(=NC)NCCN2CCCC(C)C2)on1. The quantitative estimate of drug-likeness (QED) is 0.558. The number of hydrogen-bond acceptors (Lipinski definition) is 4. The molecule has 2 rings (SSSR count). The number of likely N-dealkylation sites (tertiary alicyclic amines) is 1. The Morgan fingerprint density at radius 2 is 2.20 bits per heavy atom. The number of aliphatic imine (C=N–C) groups is 1. The van der Waals surface area contributed by atoms with E-state index in [9.17, 15) is 0 Å². The highest BCUT2D eigenvalue weighted by atomic mass is 16.5. The zero-order valence-electron chi connectivity index (χ0n) is 16.3. The molecule has 1 aromatic heterocycles. The van der Waals surface area contributed by atoms with Gasteiger partial charge in [-0.25, -0.2) is 0 Å². The third kappa shape index (κ3) is 6.34. The van der Waals surface area contributed by atoms with Crippen molar-refractivity contribution >= 4 is 5.96 Å². The maximum Gasteiger partial charge on any atom is 0.191 e. The van der Waals surface area contributed by atoms with Gasteiger partial charge in [-0.15, -0.1) is 0 Å². The minimum Gasteiger partial charge on any atom is -0.359 e. The third-order valence-electron chi connectivity index (χ3n) is 5.10. The van der Waals surface area contributed by atoms with Crippen LogP contribution < -0.4 is 10.6 Å².